The molecule has 22 heavy (non-hydrogen) atoms. The number of benzene rings is 1. The number of furan rings is 1. The Morgan fingerprint density at radius 2 is 2.05 bits per heavy atom. The number of hydrogen-bond donors (Lipinski definition) is 2. The van der Waals surface area contributed by atoms with Gasteiger partial charge in [0.2, 0.25) is 0 Å². The van der Waals surface area contributed by atoms with E-state index in [9.17, 15) is 9.59 Å². The molecule has 1 aromatic carbocycles. The van der Waals surface area contributed by atoms with Crippen molar-refractivity contribution in [2.45, 2.75) is 13.5 Å². The van der Waals surface area contributed by atoms with Crippen molar-refractivity contribution in [2.24, 2.45) is 0 Å². The normalized spacial score (nSPS) is 10.6. The second kappa shape index (κ2) is 5.68. The van der Waals surface area contributed by atoms with E-state index < -0.39 is 11.8 Å². The average Bonchev–Trinajstić information content (AvgIpc) is 3.12. The molecule has 0 aliphatic heterocycles. The van der Waals surface area contributed by atoms with Crippen LogP contribution in [0.25, 0.3) is 11.0 Å². The SMILES string of the molecule is Cc1occc1C(=O)NNC(=O)Cn1nnc2ccccc21. The van der Waals surface area contributed by atoms with Gasteiger partial charge in [0, 0.05) is 0 Å². The Balaban J connectivity index is 1.61. The number of aromatic nitrogens is 3. The zero-order chi connectivity index (χ0) is 15.5. The highest BCUT2D eigenvalue weighted by atomic mass is 16.3. The zero-order valence-corrected chi connectivity index (χ0v) is 11.7. The van der Waals surface area contributed by atoms with Crippen LogP contribution < -0.4 is 10.9 Å². The van der Waals surface area contributed by atoms with E-state index in [-0.39, 0.29) is 6.54 Å². The molecule has 2 heterocycles. The van der Waals surface area contributed by atoms with E-state index in [0.717, 1.165) is 5.52 Å². The fraction of sp³-hybridized carbons (Fsp3) is 0.143. The molecule has 0 saturated carbocycles. The standard InChI is InChI=1S/C14H13N5O3/c1-9-10(6-7-22-9)14(21)17-16-13(20)8-19-12-5-3-2-4-11(12)15-18-19/h2-7H,8H2,1H3,(H,16,20)(H,17,21). The summed E-state index contributed by atoms with van der Waals surface area (Å²) in [5, 5.41) is 7.86. The molecule has 0 radical (unpaired) electrons. The van der Waals surface area contributed by atoms with Crippen molar-refractivity contribution in [3.63, 3.8) is 0 Å². The number of carbonyl (C=O) groups is 2. The fourth-order valence-electron chi connectivity index (χ4n) is 2.02. The van der Waals surface area contributed by atoms with Gasteiger partial charge >= 0.3 is 0 Å². The Hall–Kier alpha value is -3.16. The number of nitrogens with one attached hydrogen (secondary N) is 2. The molecule has 8 nitrogen and oxygen atoms in total. The molecule has 3 aromatic rings. The molecular weight excluding hydrogens is 286 g/mol. The highest BCUT2D eigenvalue weighted by Gasteiger charge is 2.13. The third-order valence-electron chi connectivity index (χ3n) is 3.13. The Morgan fingerprint density at radius 1 is 1.23 bits per heavy atom. The van der Waals surface area contributed by atoms with Gasteiger partial charge in [-0.25, -0.2) is 4.68 Å². The molecule has 2 aromatic heterocycles. The minimum Gasteiger partial charge on any atom is -0.469 e. The Morgan fingerprint density at radius 3 is 2.82 bits per heavy atom. The van der Waals surface area contributed by atoms with E-state index >= 15 is 0 Å². The maximum Gasteiger partial charge on any atom is 0.273 e. The largest absolute Gasteiger partial charge is 0.469 e. The summed E-state index contributed by atoms with van der Waals surface area (Å²) in [6.45, 7) is 1.61. The Kier molecular flexibility index (Phi) is 3.57. The van der Waals surface area contributed by atoms with E-state index in [4.69, 9.17) is 4.42 Å². The number of nitrogens with zero attached hydrogens (tertiary/aromatic N) is 3. The van der Waals surface area contributed by atoms with Crippen LogP contribution in [0.1, 0.15) is 16.1 Å². The second-order valence-corrected chi connectivity index (χ2v) is 4.63. The van der Waals surface area contributed by atoms with Gasteiger partial charge in [0.25, 0.3) is 11.8 Å². The molecule has 8 heteroatoms. The lowest BCUT2D eigenvalue weighted by Gasteiger charge is -2.07. The number of aryl methyl sites for hydroxylation is 1. The van der Waals surface area contributed by atoms with Crippen LogP contribution in [0.4, 0.5) is 0 Å². The smallest absolute Gasteiger partial charge is 0.273 e. The van der Waals surface area contributed by atoms with Gasteiger partial charge in [0.05, 0.1) is 17.3 Å². The number of hydrogen-bond acceptors (Lipinski definition) is 5. The lowest BCUT2D eigenvalue weighted by molar-refractivity contribution is -0.122. The molecule has 3 rings (SSSR count). The van der Waals surface area contributed by atoms with Gasteiger partial charge in [0.15, 0.2) is 0 Å². The molecule has 0 aliphatic carbocycles. The summed E-state index contributed by atoms with van der Waals surface area (Å²) in [5.74, 6) is -0.373. The quantitative estimate of drug-likeness (QED) is 0.696. The van der Waals surface area contributed by atoms with Crippen LogP contribution in [0.3, 0.4) is 0 Å². The van der Waals surface area contributed by atoms with Crippen LogP contribution in [-0.2, 0) is 11.3 Å². The highest BCUT2D eigenvalue weighted by molar-refractivity contribution is 5.96. The van der Waals surface area contributed by atoms with Crippen molar-refractivity contribution < 1.29 is 14.0 Å². The minimum atomic E-state index is -0.442. The number of carbonyl (C=O) groups excluding carboxylic acids is 2. The van der Waals surface area contributed by atoms with E-state index in [1.54, 1.807) is 13.0 Å². The molecule has 0 spiro atoms. The van der Waals surface area contributed by atoms with Gasteiger partial charge in [-0.1, -0.05) is 17.3 Å². The average molecular weight is 299 g/mol. The summed E-state index contributed by atoms with van der Waals surface area (Å²) >= 11 is 0. The summed E-state index contributed by atoms with van der Waals surface area (Å²) in [7, 11) is 0. The van der Waals surface area contributed by atoms with Crippen LogP contribution in [0.5, 0.6) is 0 Å². The molecule has 0 atom stereocenters. The summed E-state index contributed by atoms with van der Waals surface area (Å²) < 4.78 is 6.49. The van der Waals surface area contributed by atoms with Crippen molar-refractivity contribution in [3.05, 3.63) is 47.9 Å². The molecule has 0 fully saturated rings. The van der Waals surface area contributed by atoms with E-state index in [1.165, 1.54) is 17.0 Å². The second-order valence-electron chi connectivity index (χ2n) is 4.63. The minimum absolute atomic E-state index is 0.0504. The molecule has 2 amide bonds. The summed E-state index contributed by atoms with van der Waals surface area (Å²) in [6, 6.07) is 8.83. The first-order chi connectivity index (χ1) is 10.6. The van der Waals surface area contributed by atoms with Crippen molar-refractivity contribution in [1.82, 2.24) is 25.8 Å². The molecular formula is C14H13N5O3. The van der Waals surface area contributed by atoms with Gasteiger partial charge in [-0.2, -0.15) is 0 Å². The van der Waals surface area contributed by atoms with E-state index in [1.807, 2.05) is 18.2 Å². The first kappa shape index (κ1) is 13.8. The van der Waals surface area contributed by atoms with Gasteiger partial charge in [-0.3, -0.25) is 20.4 Å². The Labute approximate surface area is 125 Å². The Bertz CT molecular complexity index is 836. The molecule has 2 N–H and O–H groups in total. The van der Waals surface area contributed by atoms with Crippen LogP contribution in [-0.4, -0.2) is 26.8 Å². The van der Waals surface area contributed by atoms with Crippen molar-refractivity contribution >= 4 is 22.8 Å². The van der Waals surface area contributed by atoms with Gasteiger partial charge < -0.3 is 4.42 Å². The first-order valence-electron chi connectivity index (χ1n) is 6.56. The van der Waals surface area contributed by atoms with Crippen LogP contribution in [0.2, 0.25) is 0 Å². The third kappa shape index (κ3) is 2.66. The van der Waals surface area contributed by atoms with Crippen molar-refractivity contribution in [3.8, 4) is 0 Å². The maximum atomic E-state index is 11.9. The summed E-state index contributed by atoms with van der Waals surface area (Å²) in [5.41, 5.74) is 6.47. The monoisotopic (exact) mass is 299 g/mol. The number of fused-ring (bicyclic) bond motifs is 1. The summed E-state index contributed by atoms with van der Waals surface area (Å²) in [6.07, 6.45) is 1.41. The van der Waals surface area contributed by atoms with E-state index in [2.05, 4.69) is 21.2 Å². The first-order valence-corrected chi connectivity index (χ1v) is 6.56. The molecule has 0 aliphatic rings. The third-order valence-corrected chi connectivity index (χ3v) is 3.13. The van der Waals surface area contributed by atoms with Gasteiger partial charge in [0.1, 0.15) is 17.8 Å². The van der Waals surface area contributed by atoms with E-state index in [0.29, 0.717) is 16.8 Å². The lowest BCUT2D eigenvalue weighted by atomic mass is 10.2. The van der Waals surface area contributed by atoms with Crippen molar-refractivity contribution in [1.29, 1.82) is 0 Å². The van der Waals surface area contributed by atoms with Crippen molar-refractivity contribution in [2.75, 3.05) is 0 Å². The number of para-hydroxylation sites is 1. The number of amides is 2. The lowest BCUT2D eigenvalue weighted by Crippen LogP contribution is -2.43. The molecule has 0 saturated heterocycles. The molecule has 0 unspecified atom stereocenters. The highest BCUT2D eigenvalue weighted by Crippen LogP contribution is 2.09. The number of hydrazine groups is 1. The van der Waals surface area contributed by atoms with Crippen LogP contribution >= 0.6 is 0 Å². The fourth-order valence-corrected chi connectivity index (χ4v) is 2.02. The molecule has 0 bridgehead atoms. The topological polar surface area (TPSA) is 102 Å². The van der Waals surface area contributed by atoms with Gasteiger partial charge in [-0.15, -0.1) is 5.10 Å². The van der Waals surface area contributed by atoms with Crippen LogP contribution in [0.15, 0.2) is 41.0 Å². The predicted molar refractivity (Wildman–Crippen MR) is 76.6 cm³/mol. The predicted octanol–water partition coefficient (Wildman–Crippen LogP) is 0.794. The maximum absolute atomic E-state index is 11.9. The molecule has 112 valence electrons. The summed E-state index contributed by atoms with van der Waals surface area (Å²) in [4.78, 5) is 23.7. The zero-order valence-electron chi connectivity index (χ0n) is 11.7. The van der Waals surface area contributed by atoms with Gasteiger partial charge in [-0.05, 0) is 25.1 Å². The van der Waals surface area contributed by atoms with Crippen LogP contribution in [0, 0.1) is 6.92 Å². The number of rotatable bonds is 3.